The molecule has 3 heterocycles. The van der Waals surface area contributed by atoms with Crippen LogP contribution in [0.25, 0.3) is 0 Å². The lowest BCUT2D eigenvalue weighted by molar-refractivity contribution is -0.195. The highest BCUT2D eigenvalue weighted by atomic mass is 16.5. The first-order chi connectivity index (χ1) is 13.9. The minimum Gasteiger partial charge on any atom is -0.388 e. The van der Waals surface area contributed by atoms with Crippen LogP contribution in [0.1, 0.15) is 42.2 Å². The van der Waals surface area contributed by atoms with Crippen LogP contribution in [0.5, 0.6) is 0 Å². The molecule has 2 fully saturated rings. The van der Waals surface area contributed by atoms with Crippen molar-refractivity contribution < 1.29 is 14.6 Å². The van der Waals surface area contributed by atoms with Gasteiger partial charge in [-0.15, -0.1) is 5.10 Å². The number of anilines is 1. The van der Waals surface area contributed by atoms with Crippen LogP contribution < -0.4 is 10.2 Å². The quantitative estimate of drug-likeness (QED) is 0.826. The number of hydrogen-bond donors (Lipinski definition) is 2. The third-order valence-corrected chi connectivity index (χ3v) is 6.27. The van der Waals surface area contributed by atoms with Crippen molar-refractivity contribution in [2.24, 2.45) is 0 Å². The Morgan fingerprint density at radius 3 is 2.52 bits per heavy atom. The van der Waals surface area contributed by atoms with Gasteiger partial charge >= 0.3 is 0 Å². The second-order valence-corrected chi connectivity index (χ2v) is 8.32. The minimum absolute atomic E-state index is 0.170. The molecule has 2 aliphatic rings. The largest absolute Gasteiger partial charge is 0.388 e. The second-order valence-electron chi connectivity index (χ2n) is 8.32. The molecule has 2 aromatic rings. The molecule has 2 N–H and O–H groups in total. The van der Waals surface area contributed by atoms with E-state index in [1.807, 2.05) is 44.2 Å². The Bertz CT molecular complexity index is 850. The highest BCUT2D eigenvalue weighted by Gasteiger charge is 2.54. The van der Waals surface area contributed by atoms with Crippen LogP contribution >= 0.6 is 0 Å². The van der Waals surface area contributed by atoms with Crippen molar-refractivity contribution in [2.75, 3.05) is 24.6 Å². The van der Waals surface area contributed by atoms with Crippen molar-refractivity contribution in [1.29, 1.82) is 0 Å². The van der Waals surface area contributed by atoms with E-state index in [2.05, 4.69) is 20.4 Å². The fourth-order valence-electron chi connectivity index (χ4n) is 4.41. The van der Waals surface area contributed by atoms with Gasteiger partial charge in [-0.3, -0.25) is 4.79 Å². The summed E-state index contributed by atoms with van der Waals surface area (Å²) in [6.45, 7) is 5.78. The molecule has 7 nitrogen and oxygen atoms in total. The molecule has 2 saturated heterocycles. The number of ether oxygens (including phenoxy) is 1. The van der Waals surface area contributed by atoms with Crippen LogP contribution in [0.4, 0.5) is 5.82 Å². The van der Waals surface area contributed by atoms with Gasteiger partial charge in [-0.05, 0) is 57.4 Å². The van der Waals surface area contributed by atoms with Crippen LogP contribution in [0.2, 0.25) is 0 Å². The highest BCUT2D eigenvalue weighted by Crippen LogP contribution is 2.40. The minimum atomic E-state index is -0.789. The zero-order valence-corrected chi connectivity index (χ0v) is 17.0. The van der Waals surface area contributed by atoms with Crippen molar-refractivity contribution in [3.05, 3.63) is 53.7 Å². The van der Waals surface area contributed by atoms with Gasteiger partial charge in [0.05, 0.1) is 16.8 Å². The lowest BCUT2D eigenvalue weighted by Gasteiger charge is -2.53. The predicted octanol–water partition coefficient (Wildman–Crippen LogP) is 2.09. The molecule has 154 valence electrons. The topological polar surface area (TPSA) is 87.6 Å². The van der Waals surface area contributed by atoms with E-state index in [4.69, 9.17) is 4.74 Å². The average Bonchev–Trinajstić information content (AvgIpc) is 2.74. The number of amides is 1. The number of rotatable bonds is 3. The molecule has 4 rings (SSSR count). The molecule has 0 bridgehead atoms. The lowest BCUT2D eigenvalue weighted by atomic mass is 9.73. The molecule has 0 aliphatic carbocycles. The smallest absolute Gasteiger partial charge is 0.251 e. The molecule has 7 heteroatoms. The summed E-state index contributed by atoms with van der Waals surface area (Å²) >= 11 is 0. The molecule has 29 heavy (non-hydrogen) atoms. The molecule has 1 aromatic carbocycles. The number of carbonyl (C=O) groups is 1. The van der Waals surface area contributed by atoms with E-state index >= 15 is 0 Å². The Morgan fingerprint density at radius 2 is 1.86 bits per heavy atom. The van der Waals surface area contributed by atoms with Crippen molar-refractivity contribution in [3.8, 4) is 0 Å². The Kier molecular flexibility index (Phi) is 5.27. The Morgan fingerprint density at radius 1 is 1.14 bits per heavy atom. The van der Waals surface area contributed by atoms with Gasteiger partial charge in [-0.2, -0.15) is 5.10 Å². The number of aliphatic hydroxyl groups excluding tert-OH is 1. The summed E-state index contributed by atoms with van der Waals surface area (Å²) in [5.74, 6) is 0.674. The van der Waals surface area contributed by atoms with Gasteiger partial charge < -0.3 is 20.1 Å². The average molecular weight is 396 g/mol. The third kappa shape index (κ3) is 3.84. The number of carbonyl (C=O) groups excluding carboxylic acids is 1. The second kappa shape index (κ2) is 7.72. The van der Waals surface area contributed by atoms with E-state index in [9.17, 15) is 9.90 Å². The van der Waals surface area contributed by atoms with Crippen LogP contribution in [0.3, 0.4) is 0 Å². The first-order valence-corrected chi connectivity index (χ1v) is 10.2. The van der Waals surface area contributed by atoms with Gasteiger partial charge in [-0.1, -0.05) is 18.2 Å². The summed E-state index contributed by atoms with van der Waals surface area (Å²) in [7, 11) is 0. The van der Waals surface area contributed by atoms with E-state index in [1.54, 1.807) is 12.1 Å². The zero-order chi connectivity index (χ0) is 20.5. The normalized spacial score (nSPS) is 26.3. The van der Waals surface area contributed by atoms with Gasteiger partial charge in [0.25, 0.3) is 5.91 Å². The van der Waals surface area contributed by atoms with Gasteiger partial charge in [0.2, 0.25) is 0 Å². The summed E-state index contributed by atoms with van der Waals surface area (Å²) in [5.41, 5.74) is 0.0789. The van der Waals surface area contributed by atoms with Gasteiger partial charge in [0.1, 0.15) is 6.10 Å². The van der Waals surface area contributed by atoms with Gasteiger partial charge in [-0.25, -0.2) is 0 Å². The summed E-state index contributed by atoms with van der Waals surface area (Å²) in [6, 6.07) is 13.0. The molecule has 2 aliphatic heterocycles. The van der Waals surface area contributed by atoms with Gasteiger partial charge in [0, 0.05) is 25.3 Å². The summed E-state index contributed by atoms with van der Waals surface area (Å²) in [5, 5.41) is 22.8. The standard InChI is InChI=1S/C22H28N4O3/c1-16-8-9-18(25-24-16)26-13-10-22(11-14-26)20(28)21(2,12-15-29-22)23-19(27)17-6-4-3-5-7-17/h3-9,20,28H,10-15H2,1-2H3,(H,23,27)/t20-,21+/m1/s1. The van der Waals surface area contributed by atoms with E-state index in [1.165, 1.54) is 0 Å². The van der Waals surface area contributed by atoms with Crippen LogP contribution in [0.15, 0.2) is 42.5 Å². The number of aryl methyl sites for hydroxylation is 1. The fraction of sp³-hybridized carbons (Fsp3) is 0.500. The molecule has 1 aromatic heterocycles. The van der Waals surface area contributed by atoms with E-state index < -0.39 is 17.2 Å². The maximum atomic E-state index is 12.7. The van der Waals surface area contributed by atoms with E-state index in [0.717, 1.165) is 24.6 Å². The number of nitrogens with zero attached hydrogens (tertiary/aromatic N) is 3. The van der Waals surface area contributed by atoms with Crippen LogP contribution in [-0.4, -0.2) is 58.2 Å². The first-order valence-electron chi connectivity index (χ1n) is 10.2. The summed E-state index contributed by atoms with van der Waals surface area (Å²) < 4.78 is 6.14. The highest BCUT2D eigenvalue weighted by molar-refractivity contribution is 5.94. The monoisotopic (exact) mass is 396 g/mol. The first kappa shape index (κ1) is 19.8. The Hall–Kier alpha value is -2.51. The molecule has 0 unspecified atom stereocenters. The summed E-state index contributed by atoms with van der Waals surface area (Å²) in [4.78, 5) is 14.9. The van der Waals surface area contributed by atoms with Crippen molar-refractivity contribution in [1.82, 2.24) is 15.5 Å². The molecular formula is C22H28N4O3. The Labute approximate surface area is 171 Å². The van der Waals surface area contributed by atoms with Crippen molar-refractivity contribution in [2.45, 2.75) is 50.4 Å². The van der Waals surface area contributed by atoms with Crippen molar-refractivity contribution >= 4 is 11.7 Å². The number of hydrogen-bond acceptors (Lipinski definition) is 6. The number of nitrogens with one attached hydrogen (secondary N) is 1. The SMILES string of the molecule is Cc1ccc(N2CCC3(CC2)OCC[C@](C)(NC(=O)c2ccccc2)[C@H]3O)nn1. The molecule has 1 spiro atoms. The molecule has 0 radical (unpaired) electrons. The zero-order valence-electron chi connectivity index (χ0n) is 17.0. The molecule has 2 atom stereocenters. The maximum Gasteiger partial charge on any atom is 0.251 e. The number of aliphatic hydroxyl groups is 1. The maximum absolute atomic E-state index is 12.7. The summed E-state index contributed by atoms with van der Waals surface area (Å²) in [6.07, 6.45) is 1.12. The van der Waals surface area contributed by atoms with Crippen molar-refractivity contribution in [3.63, 3.8) is 0 Å². The van der Waals surface area contributed by atoms with Crippen LogP contribution in [0, 0.1) is 6.92 Å². The lowest BCUT2D eigenvalue weighted by Crippen LogP contribution is -2.69. The third-order valence-electron chi connectivity index (χ3n) is 6.27. The Balaban J connectivity index is 1.46. The number of piperidine rings is 1. The molecular weight excluding hydrogens is 368 g/mol. The molecule has 1 amide bonds. The van der Waals surface area contributed by atoms with E-state index in [-0.39, 0.29) is 5.91 Å². The van der Waals surface area contributed by atoms with Gasteiger partial charge in [0.15, 0.2) is 5.82 Å². The predicted molar refractivity (Wildman–Crippen MR) is 110 cm³/mol. The van der Waals surface area contributed by atoms with E-state index in [0.29, 0.717) is 31.4 Å². The number of benzene rings is 1. The number of aromatic nitrogens is 2. The fourth-order valence-corrected chi connectivity index (χ4v) is 4.41. The molecule has 0 saturated carbocycles. The van der Waals surface area contributed by atoms with Crippen LogP contribution in [-0.2, 0) is 4.74 Å².